The SMILES string of the molecule is CC(C)N(Cc1nc2ccccc2c(=O)[nH]1)C(=O)c1cc2ccccc2oc1=O. The van der Waals surface area contributed by atoms with E-state index in [1.165, 1.54) is 11.0 Å². The minimum Gasteiger partial charge on any atom is -0.422 e. The van der Waals surface area contributed by atoms with Gasteiger partial charge in [-0.3, -0.25) is 9.59 Å². The third-order valence-corrected chi connectivity index (χ3v) is 4.74. The second kappa shape index (κ2) is 7.35. The number of para-hydroxylation sites is 2. The van der Waals surface area contributed by atoms with Gasteiger partial charge in [0.15, 0.2) is 0 Å². The summed E-state index contributed by atoms with van der Waals surface area (Å²) in [6.45, 7) is 3.72. The van der Waals surface area contributed by atoms with Gasteiger partial charge in [0.1, 0.15) is 17.0 Å². The lowest BCUT2D eigenvalue weighted by Crippen LogP contribution is -2.39. The van der Waals surface area contributed by atoms with Crippen molar-refractivity contribution < 1.29 is 9.21 Å². The molecule has 0 atom stereocenters. The van der Waals surface area contributed by atoms with Crippen LogP contribution in [0.3, 0.4) is 0 Å². The molecule has 0 unspecified atom stereocenters. The van der Waals surface area contributed by atoms with Crippen molar-refractivity contribution in [1.29, 1.82) is 0 Å². The van der Waals surface area contributed by atoms with Gasteiger partial charge in [-0.05, 0) is 38.1 Å². The van der Waals surface area contributed by atoms with Crippen LogP contribution in [0.15, 0.2) is 68.6 Å². The maximum atomic E-state index is 13.1. The highest BCUT2D eigenvalue weighted by molar-refractivity contribution is 5.96. The van der Waals surface area contributed by atoms with Gasteiger partial charge in [-0.15, -0.1) is 0 Å². The monoisotopic (exact) mass is 389 g/mol. The molecule has 0 aliphatic heterocycles. The number of aromatic nitrogens is 2. The molecule has 0 aliphatic carbocycles. The Morgan fingerprint density at radius 2 is 1.83 bits per heavy atom. The Morgan fingerprint density at radius 3 is 2.62 bits per heavy atom. The van der Waals surface area contributed by atoms with E-state index in [-0.39, 0.29) is 23.7 Å². The Morgan fingerprint density at radius 1 is 1.10 bits per heavy atom. The zero-order valence-electron chi connectivity index (χ0n) is 16.0. The van der Waals surface area contributed by atoms with Crippen LogP contribution >= 0.6 is 0 Å². The van der Waals surface area contributed by atoms with E-state index in [9.17, 15) is 14.4 Å². The van der Waals surface area contributed by atoms with Crippen LogP contribution in [0.25, 0.3) is 21.9 Å². The van der Waals surface area contributed by atoms with Crippen LogP contribution in [0.2, 0.25) is 0 Å². The minimum absolute atomic E-state index is 0.0551. The van der Waals surface area contributed by atoms with E-state index < -0.39 is 11.5 Å². The molecule has 0 saturated heterocycles. The van der Waals surface area contributed by atoms with Gasteiger partial charge in [0.05, 0.1) is 17.4 Å². The fourth-order valence-electron chi connectivity index (χ4n) is 3.23. The van der Waals surface area contributed by atoms with Gasteiger partial charge < -0.3 is 14.3 Å². The number of hydrogen-bond donors (Lipinski definition) is 1. The average molecular weight is 389 g/mol. The van der Waals surface area contributed by atoms with E-state index in [0.29, 0.717) is 27.7 Å². The molecule has 2 heterocycles. The van der Waals surface area contributed by atoms with Gasteiger partial charge in [0.2, 0.25) is 0 Å². The van der Waals surface area contributed by atoms with Crippen LogP contribution in [0.1, 0.15) is 30.0 Å². The number of H-pyrrole nitrogens is 1. The minimum atomic E-state index is -0.695. The Labute approximate surface area is 165 Å². The van der Waals surface area contributed by atoms with Crippen molar-refractivity contribution in [2.75, 3.05) is 0 Å². The molecule has 1 N–H and O–H groups in total. The fraction of sp³-hybridized carbons (Fsp3) is 0.182. The molecule has 7 heteroatoms. The molecule has 29 heavy (non-hydrogen) atoms. The van der Waals surface area contributed by atoms with Gasteiger partial charge in [-0.2, -0.15) is 0 Å². The highest BCUT2D eigenvalue weighted by Crippen LogP contribution is 2.16. The van der Waals surface area contributed by atoms with E-state index >= 15 is 0 Å². The van der Waals surface area contributed by atoms with Crippen LogP contribution < -0.4 is 11.2 Å². The number of carbonyl (C=O) groups excluding carboxylic acids is 1. The predicted octanol–water partition coefficient (Wildman–Crippen LogP) is 3.08. The van der Waals surface area contributed by atoms with Gasteiger partial charge in [-0.25, -0.2) is 9.78 Å². The molecule has 2 aromatic heterocycles. The first-order chi connectivity index (χ1) is 13.9. The van der Waals surface area contributed by atoms with Gasteiger partial charge in [-0.1, -0.05) is 30.3 Å². The summed E-state index contributed by atoms with van der Waals surface area (Å²) in [7, 11) is 0. The number of benzene rings is 2. The van der Waals surface area contributed by atoms with Crippen LogP contribution in [-0.2, 0) is 6.54 Å². The number of carbonyl (C=O) groups is 1. The topological polar surface area (TPSA) is 96.3 Å². The van der Waals surface area contributed by atoms with Crippen LogP contribution in [-0.4, -0.2) is 26.8 Å². The zero-order chi connectivity index (χ0) is 20.5. The first kappa shape index (κ1) is 18.6. The summed E-state index contributed by atoms with van der Waals surface area (Å²) in [5.74, 6) is -0.128. The fourth-order valence-corrected chi connectivity index (χ4v) is 3.23. The second-order valence-electron chi connectivity index (χ2n) is 7.04. The second-order valence-corrected chi connectivity index (χ2v) is 7.04. The summed E-state index contributed by atoms with van der Waals surface area (Å²) in [6, 6.07) is 15.3. The highest BCUT2D eigenvalue weighted by Gasteiger charge is 2.24. The molecule has 4 aromatic rings. The Bertz CT molecular complexity index is 1340. The molecule has 0 spiro atoms. The van der Waals surface area contributed by atoms with Crippen molar-refractivity contribution in [1.82, 2.24) is 14.9 Å². The van der Waals surface area contributed by atoms with Gasteiger partial charge >= 0.3 is 5.63 Å². The highest BCUT2D eigenvalue weighted by atomic mass is 16.4. The zero-order valence-corrected chi connectivity index (χ0v) is 16.0. The van der Waals surface area contributed by atoms with Crippen LogP contribution in [0, 0.1) is 0 Å². The summed E-state index contributed by atoms with van der Waals surface area (Å²) >= 11 is 0. The maximum Gasteiger partial charge on any atom is 0.349 e. The van der Waals surface area contributed by atoms with E-state index in [2.05, 4.69) is 9.97 Å². The Kier molecular flexibility index (Phi) is 4.72. The largest absolute Gasteiger partial charge is 0.422 e. The van der Waals surface area contributed by atoms with Crippen LogP contribution in [0.5, 0.6) is 0 Å². The third-order valence-electron chi connectivity index (χ3n) is 4.74. The number of fused-ring (bicyclic) bond motifs is 2. The third kappa shape index (κ3) is 3.54. The number of aromatic amines is 1. The normalized spacial score (nSPS) is 11.3. The smallest absolute Gasteiger partial charge is 0.349 e. The quantitative estimate of drug-likeness (QED) is 0.541. The lowest BCUT2D eigenvalue weighted by Gasteiger charge is -2.26. The van der Waals surface area contributed by atoms with E-state index in [1.54, 1.807) is 48.5 Å². The molecule has 146 valence electrons. The summed E-state index contributed by atoms with van der Waals surface area (Å²) in [4.78, 5) is 46.5. The molecular formula is C22H19N3O4. The first-order valence-corrected chi connectivity index (χ1v) is 9.26. The average Bonchev–Trinajstić information content (AvgIpc) is 2.71. The van der Waals surface area contributed by atoms with Crippen molar-refractivity contribution in [2.24, 2.45) is 0 Å². The first-order valence-electron chi connectivity index (χ1n) is 9.26. The molecule has 1 amide bonds. The van der Waals surface area contributed by atoms with E-state index in [4.69, 9.17) is 4.42 Å². The van der Waals surface area contributed by atoms with Gasteiger partial charge in [0.25, 0.3) is 11.5 Å². The van der Waals surface area contributed by atoms with E-state index in [1.807, 2.05) is 13.8 Å². The van der Waals surface area contributed by atoms with Crippen molar-refractivity contribution >= 4 is 27.8 Å². The molecule has 0 radical (unpaired) electrons. The predicted molar refractivity (Wildman–Crippen MR) is 110 cm³/mol. The Hall–Kier alpha value is -3.74. The molecule has 0 fully saturated rings. The lowest BCUT2D eigenvalue weighted by molar-refractivity contribution is 0.0681. The number of nitrogens with one attached hydrogen (secondary N) is 1. The number of hydrogen-bond acceptors (Lipinski definition) is 5. The standard InChI is InChI=1S/C22H19N3O4/c1-13(2)25(12-19-23-17-9-5-4-8-15(17)20(26)24-19)21(27)16-11-14-7-3-6-10-18(14)29-22(16)28/h3-11,13H,12H2,1-2H3,(H,23,24,26). The molecule has 0 bridgehead atoms. The Balaban J connectivity index is 1.73. The van der Waals surface area contributed by atoms with E-state index in [0.717, 1.165) is 0 Å². The molecular weight excluding hydrogens is 370 g/mol. The van der Waals surface area contributed by atoms with Crippen molar-refractivity contribution in [3.8, 4) is 0 Å². The number of amides is 1. The molecule has 4 rings (SSSR count). The molecule has 0 aliphatic rings. The lowest BCUT2D eigenvalue weighted by atomic mass is 10.1. The number of rotatable bonds is 4. The van der Waals surface area contributed by atoms with Gasteiger partial charge in [0, 0.05) is 11.4 Å². The summed E-state index contributed by atoms with van der Waals surface area (Å²) < 4.78 is 5.29. The maximum absolute atomic E-state index is 13.1. The molecule has 2 aromatic carbocycles. The summed E-state index contributed by atoms with van der Waals surface area (Å²) in [5.41, 5.74) is -0.0508. The summed E-state index contributed by atoms with van der Waals surface area (Å²) in [6.07, 6.45) is 0. The molecule has 0 saturated carbocycles. The van der Waals surface area contributed by atoms with Crippen molar-refractivity contribution in [3.05, 3.63) is 86.8 Å². The molecule has 7 nitrogen and oxygen atoms in total. The van der Waals surface area contributed by atoms with Crippen molar-refractivity contribution in [3.63, 3.8) is 0 Å². The summed E-state index contributed by atoms with van der Waals surface area (Å²) in [5, 5.41) is 1.14. The van der Waals surface area contributed by atoms with Crippen LogP contribution in [0.4, 0.5) is 0 Å². The number of nitrogens with zero attached hydrogens (tertiary/aromatic N) is 2. The van der Waals surface area contributed by atoms with Crippen molar-refractivity contribution in [2.45, 2.75) is 26.4 Å².